The number of hydrogen-bond donors (Lipinski definition) is 2. The second-order valence-corrected chi connectivity index (χ2v) is 4.96. The number of hydrogen-bond acceptors (Lipinski definition) is 6. The monoisotopic (exact) mass is 250 g/mol. The Morgan fingerprint density at radius 3 is 2.61 bits per heavy atom. The van der Waals surface area contributed by atoms with Crippen molar-refractivity contribution < 1.29 is 9.74 Å². The summed E-state index contributed by atoms with van der Waals surface area (Å²) < 4.78 is 4.74. The third-order valence-corrected chi connectivity index (χ3v) is 2.73. The van der Waals surface area contributed by atoms with Crippen molar-refractivity contribution in [3.63, 3.8) is 0 Å². The molecule has 0 radical (unpaired) electrons. The third-order valence-electron chi connectivity index (χ3n) is 2.73. The van der Waals surface area contributed by atoms with Crippen LogP contribution in [0.3, 0.4) is 0 Å². The number of likely N-dealkylation sites (N-methyl/N-ethyl adjacent to an activating group) is 1. The Hall–Kier alpha value is -1.82. The Morgan fingerprint density at radius 1 is 1.33 bits per heavy atom. The summed E-state index contributed by atoms with van der Waals surface area (Å²) in [5, 5.41) is 17.6. The van der Waals surface area contributed by atoms with Crippen molar-refractivity contribution >= 4 is 22.4 Å². The molecule has 0 unspecified atom stereocenters. The van der Waals surface area contributed by atoms with E-state index in [1.807, 2.05) is 17.9 Å². The molecule has 0 fully saturated rings. The van der Waals surface area contributed by atoms with Gasteiger partial charge in [0.05, 0.1) is 17.0 Å². The summed E-state index contributed by atoms with van der Waals surface area (Å²) in [7, 11) is 0. The number of rotatable bonds is 4. The molecule has 0 aliphatic carbocycles. The fourth-order valence-corrected chi connectivity index (χ4v) is 1.96. The number of aromatic nitrogens is 2. The van der Waals surface area contributed by atoms with Crippen molar-refractivity contribution in [1.82, 2.24) is 10.3 Å². The van der Waals surface area contributed by atoms with Gasteiger partial charge >= 0.3 is 0 Å². The van der Waals surface area contributed by atoms with Crippen molar-refractivity contribution in [3.8, 4) is 0 Å². The second-order valence-electron chi connectivity index (χ2n) is 4.96. The van der Waals surface area contributed by atoms with Crippen LogP contribution in [0.25, 0.3) is 11.0 Å². The molecule has 98 valence electrons. The lowest BCUT2D eigenvalue weighted by molar-refractivity contribution is 0.0876. The molecule has 0 saturated heterocycles. The van der Waals surface area contributed by atoms with Crippen molar-refractivity contribution in [2.75, 3.05) is 23.7 Å². The molecule has 0 spiro atoms. The average Bonchev–Trinajstić information content (AvgIpc) is 2.75. The van der Waals surface area contributed by atoms with Gasteiger partial charge in [0, 0.05) is 13.1 Å². The van der Waals surface area contributed by atoms with Gasteiger partial charge in [0.1, 0.15) is 0 Å². The summed E-state index contributed by atoms with van der Waals surface area (Å²) in [6, 6.07) is 3.64. The van der Waals surface area contributed by atoms with E-state index in [1.165, 1.54) is 0 Å². The first kappa shape index (κ1) is 12.6. The van der Waals surface area contributed by atoms with E-state index in [-0.39, 0.29) is 0 Å². The minimum absolute atomic E-state index is 0.495. The minimum atomic E-state index is -0.791. The van der Waals surface area contributed by atoms with Crippen LogP contribution in [0.4, 0.5) is 11.4 Å². The summed E-state index contributed by atoms with van der Waals surface area (Å²) in [4.78, 5) is 2.02. The summed E-state index contributed by atoms with van der Waals surface area (Å²) in [6.45, 7) is 6.79. The van der Waals surface area contributed by atoms with E-state index in [2.05, 4.69) is 10.3 Å². The molecule has 0 atom stereocenters. The van der Waals surface area contributed by atoms with Gasteiger partial charge in [0.15, 0.2) is 11.0 Å². The van der Waals surface area contributed by atoms with Crippen LogP contribution in [0.2, 0.25) is 0 Å². The van der Waals surface area contributed by atoms with Crippen LogP contribution >= 0.6 is 0 Å². The molecule has 6 nitrogen and oxygen atoms in total. The number of nitrogen functional groups attached to an aromatic ring is 1. The molecule has 3 N–H and O–H groups in total. The molecule has 0 aliphatic rings. The van der Waals surface area contributed by atoms with E-state index in [1.54, 1.807) is 19.9 Å². The molecule has 6 heteroatoms. The molecular formula is C12H18N4O2. The van der Waals surface area contributed by atoms with Gasteiger partial charge < -0.3 is 15.7 Å². The molecule has 1 heterocycles. The van der Waals surface area contributed by atoms with Crippen molar-refractivity contribution in [1.29, 1.82) is 0 Å². The highest BCUT2D eigenvalue weighted by Crippen LogP contribution is 2.29. The lowest BCUT2D eigenvalue weighted by Crippen LogP contribution is -2.38. The Morgan fingerprint density at radius 2 is 2.00 bits per heavy atom. The lowest BCUT2D eigenvalue weighted by atomic mass is 10.1. The third kappa shape index (κ3) is 2.38. The average molecular weight is 250 g/mol. The molecule has 2 rings (SSSR count). The van der Waals surface area contributed by atoms with E-state index in [9.17, 15) is 5.11 Å². The van der Waals surface area contributed by atoms with Crippen LogP contribution < -0.4 is 10.6 Å². The fraction of sp³-hybridized carbons (Fsp3) is 0.500. The maximum Gasteiger partial charge on any atom is 0.160 e. The number of anilines is 2. The molecule has 0 amide bonds. The Labute approximate surface area is 105 Å². The highest BCUT2D eigenvalue weighted by Gasteiger charge is 2.21. The number of nitrogens with two attached hydrogens (primary N) is 1. The van der Waals surface area contributed by atoms with Crippen LogP contribution in [0.5, 0.6) is 0 Å². The van der Waals surface area contributed by atoms with E-state index in [4.69, 9.17) is 10.4 Å². The zero-order valence-corrected chi connectivity index (χ0v) is 10.8. The summed E-state index contributed by atoms with van der Waals surface area (Å²) >= 11 is 0. The first-order valence-electron chi connectivity index (χ1n) is 5.90. The number of fused-ring (bicyclic) bond motifs is 1. The zero-order valence-electron chi connectivity index (χ0n) is 10.8. The van der Waals surface area contributed by atoms with Crippen LogP contribution in [-0.2, 0) is 0 Å². The highest BCUT2D eigenvalue weighted by molar-refractivity contribution is 5.95. The van der Waals surface area contributed by atoms with E-state index < -0.39 is 5.60 Å². The number of aliphatic hydroxyl groups is 1. The van der Waals surface area contributed by atoms with Gasteiger partial charge in [-0.25, -0.2) is 4.63 Å². The van der Waals surface area contributed by atoms with Gasteiger partial charge in [0.2, 0.25) is 0 Å². The predicted octanol–water partition coefficient (Wildman–Crippen LogP) is 1.40. The van der Waals surface area contributed by atoms with Gasteiger partial charge in [-0.1, -0.05) is 0 Å². The van der Waals surface area contributed by atoms with Crippen molar-refractivity contribution in [2.45, 2.75) is 26.4 Å². The molecule has 2 aromatic rings. The van der Waals surface area contributed by atoms with Crippen molar-refractivity contribution in [2.24, 2.45) is 0 Å². The molecule has 1 aromatic carbocycles. The predicted molar refractivity (Wildman–Crippen MR) is 70.4 cm³/mol. The van der Waals surface area contributed by atoms with Gasteiger partial charge in [-0.2, -0.15) is 0 Å². The molecular weight excluding hydrogens is 232 g/mol. The number of nitrogens with zero attached hydrogens (tertiary/aromatic N) is 3. The van der Waals surface area contributed by atoms with Gasteiger partial charge in [-0.3, -0.25) is 0 Å². The zero-order chi connectivity index (χ0) is 13.3. The molecule has 1 aromatic heterocycles. The highest BCUT2D eigenvalue weighted by atomic mass is 16.6. The Balaban J connectivity index is 2.45. The van der Waals surface area contributed by atoms with Crippen LogP contribution in [0.15, 0.2) is 16.8 Å². The smallest absolute Gasteiger partial charge is 0.160 e. The van der Waals surface area contributed by atoms with E-state index in [0.717, 1.165) is 12.2 Å². The quantitative estimate of drug-likeness (QED) is 0.797. The van der Waals surface area contributed by atoms with Crippen LogP contribution in [0, 0.1) is 0 Å². The molecule has 18 heavy (non-hydrogen) atoms. The maximum absolute atomic E-state index is 9.93. The van der Waals surface area contributed by atoms with Gasteiger partial charge in [-0.15, -0.1) is 0 Å². The SMILES string of the molecule is CCN(CC(C)(C)O)c1ccc(N)c2nonc12. The second kappa shape index (κ2) is 4.45. The first-order chi connectivity index (χ1) is 8.42. The van der Waals surface area contributed by atoms with Crippen LogP contribution in [-0.4, -0.2) is 34.1 Å². The molecule has 0 bridgehead atoms. The van der Waals surface area contributed by atoms with Crippen LogP contribution in [0.1, 0.15) is 20.8 Å². The normalized spacial score (nSPS) is 12.0. The summed E-state index contributed by atoms with van der Waals surface area (Å²) in [5.41, 5.74) is 7.60. The van der Waals surface area contributed by atoms with Gasteiger partial charge in [-0.05, 0) is 43.2 Å². The summed E-state index contributed by atoms with van der Waals surface area (Å²) in [5.74, 6) is 0. The largest absolute Gasteiger partial charge is 0.397 e. The van der Waals surface area contributed by atoms with E-state index in [0.29, 0.717) is 23.3 Å². The summed E-state index contributed by atoms with van der Waals surface area (Å²) in [6.07, 6.45) is 0. The molecule has 0 aliphatic heterocycles. The van der Waals surface area contributed by atoms with Crippen molar-refractivity contribution in [3.05, 3.63) is 12.1 Å². The van der Waals surface area contributed by atoms with Gasteiger partial charge in [0.25, 0.3) is 0 Å². The molecule has 0 saturated carbocycles. The topological polar surface area (TPSA) is 88.4 Å². The Bertz CT molecular complexity index is 544. The number of benzene rings is 1. The first-order valence-corrected chi connectivity index (χ1v) is 5.90. The standard InChI is InChI=1S/C12H18N4O2/c1-4-16(7-12(2,3)17)9-6-5-8(13)10-11(9)15-18-14-10/h5-6,17H,4,7,13H2,1-3H3. The fourth-order valence-electron chi connectivity index (χ4n) is 1.96. The lowest BCUT2D eigenvalue weighted by Gasteiger charge is -2.29. The Kier molecular flexibility index (Phi) is 3.13. The minimum Gasteiger partial charge on any atom is -0.397 e. The maximum atomic E-state index is 9.93. The van der Waals surface area contributed by atoms with E-state index >= 15 is 0 Å².